The highest BCUT2D eigenvalue weighted by molar-refractivity contribution is 9.10. The lowest BCUT2D eigenvalue weighted by Crippen LogP contribution is -2.33. The molecule has 1 aliphatic heterocycles. The van der Waals surface area contributed by atoms with E-state index in [2.05, 4.69) is 15.9 Å². The highest BCUT2D eigenvalue weighted by Gasteiger charge is 2.27. The van der Waals surface area contributed by atoms with Gasteiger partial charge in [0.05, 0.1) is 11.5 Å². The number of ether oxygens (including phenoxy) is 1. The number of hydrogen-bond donors (Lipinski definition) is 1. The Morgan fingerprint density at radius 3 is 2.84 bits per heavy atom. The fourth-order valence-corrected chi connectivity index (χ4v) is 4.41. The van der Waals surface area contributed by atoms with Crippen LogP contribution in [-0.4, -0.2) is 39.0 Å². The van der Waals surface area contributed by atoms with E-state index in [1.165, 1.54) is 4.31 Å². The minimum absolute atomic E-state index is 0.275. The molecule has 19 heavy (non-hydrogen) atoms. The Kier molecular flexibility index (Phi) is 4.97. The highest BCUT2D eigenvalue weighted by Crippen LogP contribution is 2.26. The molecule has 2 rings (SSSR count). The summed E-state index contributed by atoms with van der Waals surface area (Å²) in [5.41, 5.74) is 6.37. The third kappa shape index (κ3) is 3.35. The maximum atomic E-state index is 12.6. The molecule has 0 radical (unpaired) electrons. The number of nitrogens with two attached hydrogens (primary N) is 1. The van der Waals surface area contributed by atoms with Crippen LogP contribution in [0.15, 0.2) is 27.6 Å². The van der Waals surface area contributed by atoms with E-state index >= 15 is 0 Å². The van der Waals surface area contributed by atoms with Gasteiger partial charge in [-0.15, -0.1) is 0 Å². The normalized spacial score (nSPS) is 18.2. The second kappa shape index (κ2) is 6.32. The minimum Gasteiger partial charge on any atom is -0.380 e. The fourth-order valence-electron chi connectivity index (χ4n) is 1.98. The highest BCUT2D eigenvalue weighted by atomic mass is 79.9. The Bertz CT molecular complexity index is 540. The van der Waals surface area contributed by atoms with E-state index in [-0.39, 0.29) is 4.90 Å². The average Bonchev–Trinajstić information content (AvgIpc) is 2.68. The molecule has 106 valence electrons. The second-order valence-electron chi connectivity index (χ2n) is 4.34. The van der Waals surface area contributed by atoms with Gasteiger partial charge >= 0.3 is 0 Å². The molecule has 0 saturated carbocycles. The number of nitrogens with zero attached hydrogens (tertiary/aromatic N) is 1. The van der Waals surface area contributed by atoms with Crippen LogP contribution >= 0.6 is 15.9 Å². The van der Waals surface area contributed by atoms with Crippen LogP contribution in [0.3, 0.4) is 0 Å². The van der Waals surface area contributed by atoms with Crippen LogP contribution < -0.4 is 5.73 Å². The molecule has 1 fully saturated rings. The molecule has 0 aromatic heterocycles. The molecule has 5 nitrogen and oxygen atoms in total. The molecule has 0 unspecified atom stereocenters. The summed E-state index contributed by atoms with van der Waals surface area (Å²) in [6, 6.07) is 5.17. The van der Waals surface area contributed by atoms with Crippen molar-refractivity contribution in [2.75, 3.05) is 26.3 Å². The van der Waals surface area contributed by atoms with Crippen molar-refractivity contribution in [3.8, 4) is 0 Å². The van der Waals surface area contributed by atoms with Gasteiger partial charge in [0.25, 0.3) is 0 Å². The summed E-state index contributed by atoms with van der Waals surface area (Å²) in [5.74, 6) is 0. The molecule has 1 saturated heterocycles. The van der Waals surface area contributed by atoms with Gasteiger partial charge in [-0.2, -0.15) is 4.31 Å². The summed E-state index contributed by atoms with van der Waals surface area (Å²) < 4.78 is 32.6. The first-order valence-electron chi connectivity index (χ1n) is 6.12. The predicted molar refractivity (Wildman–Crippen MR) is 76.2 cm³/mol. The largest absolute Gasteiger partial charge is 0.380 e. The van der Waals surface area contributed by atoms with E-state index in [1.54, 1.807) is 12.1 Å². The van der Waals surface area contributed by atoms with Gasteiger partial charge in [-0.1, -0.05) is 6.07 Å². The molecule has 1 aromatic rings. The number of hydrogen-bond acceptors (Lipinski definition) is 4. The molecule has 0 amide bonds. The minimum atomic E-state index is -3.50. The second-order valence-corrected chi connectivity index (χ2v) is 7.10. The van der Waals surface area contributed by atoms with Gasteiger partial charge in [0.1, 0.15) is 0 Å². The molecule has 7 heteroatoms. The van der Waals surface area contributed by atoms with E-state index in [1.807, 2.05) is 6.07 Å². The Labute approximate surface area is 121 Å². The van der Waals surface area contributed by atoms with E-state index in [0.717, 1.165) is 5.56 Å². The van der Waals surface area contributed by atoms with Gasteiger partial charge in [0.15, 0.2) is 0 Å². The summed E-state index contributed by atoms with van der Waals surface area (Å²) in [4.78, 5) is 0.275. The zero-order valence-corrected chi connectivity index (χ0v) is 12.9. The quantitative estimate of drug-likeness (QED) is 0.893. The number of sulfonamides is 1. The van der Waals surface area contributed by atoms with Crippen molar-refractivity contribution in [1.29, 1.82) is 0 Å². The summed E-state index contributed by atoms with van der Waals surface area (Å²) >= 11 is 3.30. The zero-order valence-electron chi connectivity index (χ0n) is 10.5. The Morgan fingerprint density at radius 2 is 2.11 bits per heavy atom. The molecule has 0 atom stereocenters. The molecule has 1 aromatic carbocycles. The number of halogens is 1. The number of benzene rings is 1. The van der Waals surface area contributed by atoms with Crippen molar-refractivity contribution < 1.29 is 13.2 Å². The first kappa shape index (κ1) is 14.9. The topological polar surface area (TPSA) is 72.6 Å². The summed E-state index contributed by atoms with van der Waals surface area (Å²) in [7, 11) is -3.50. The molecule has 0 aliphatic carbocycles. The number of rotatable bonds is 3. The van der Waals surface area contributed by atoms with Crippen molar-refractivity contribution in [3.05, 3.63) is 28.2 Å². The van der Waals surface area contributed by atoms with Gasteiger partial charge in [0, 0.05) is 30.7 Å². The van der Waals surface area contributed by atoms with Gasteiger partial charge in [-0.25, -0.2) is 8.42 Å². The Morgan fingerprint density at radius 1 is 1.32 bits per heavy atom. The molecule has 0 bridgehead atoms. The molecular weight excluding hydrogens is 332 g/mol. The first-order chi connectivity index (χ1) is 9.05. The zero-order chi connectivity index (χ0) is 13.9. The lowest BCUT2D eigenvalue weighted by molar-refractivity contribution is 0.148. The van der Waals surface area contributed by atoms with Crippen LogP contribution in [0.5, 0.6) is 0 Å². The van der Waals surface area contributed by atoms with Crippen LogP contribution in [0.25, 0.3) is 0 Å². The average molecular weight is 349 g/mol. The predicted octanol–water partition coefficient (Wildman–Crippen LogP) is 1.32. The van der Waals surface area contributed by atoms with E-state index in [0.29, 0.717) is 43.7 Å². The van der Waals surface area contributed by atoms with Crippen LogP contribution in [0.2, 0.25) is 0 Å². The van der Waals surface area contributed by atoms with Crippen LogP contribution in [0, 0.1) is 0 Å². The maximum Gasteiger partial charge on any atom is 0.244 e. The third-order valence-electron chi connectivity index (χ3n) is 3.03. The molecular formula is C12H17BrN2O3S. The van der Waals surface area contributed by atoms with Gasteiger partial charge < -0.3 is 10.5 Å². The molecule has 2 N–H and O–H groups in total. The van der Waals surface area contributed by atoms with Gasteiger partial charge in [0.2, 0.25) is 10.0 Å². The van der Waals surface area contributed by atoms with E-state index in [9.17, 15) is 8.42 Å². The van der Waals surface area contributed by atoms with Crippen molar-refractivity contribution in [2.24, 2.45) is 5.73 Å². The Balaban J connectivity index is 2.37. The summed E-state index contributed by atoms with van der Waals surface area (Å²) in [6.07, 6.45) is 0.716. The van der Waals surface area contributed by atoms with Crippen molar-refractivity contribution in [1.82, 2.24) is 4.31 Å². The first-order valence-corrected chi connectivity index (χ1v) is 8.35. The van der Waals surface area contributed by atoms with Crippen LogP contribution in [0.4, 0.5) is 0 Å². The van der Waals surface area contributed by atoms with Crippen LogP contribution in [0.1, 0.15) is 12.0 Å². The van der Waals surface area contributed by atoms with Crippen LogP contribution in [-0.2, 0) is 21.3 Å². The fraction of sp³-hybridized carbons (Fsp3) is 0.500. The summed E-state index contributed by atoms with van der Waals surface area (Å²) in [6.45, 7) is 2.24. The van der Waals surface area contributed by atoms with E-state index in [4.69, 9.17) is 10.5 Å². The standard InChI is InChI=1S/C12H17BrN2O3S/c13-11-3-2-10(9-14)8-12(11)19(16,17)15-4-1-6-18-7-5-15/h2-3,8H,1,4-7,9,14H2. The smallest absolute Gasteiger partial charge is 0.244 e. The third-order valence-corrected chi connectivity index (χ3v) is 5.92. The molecule has 0 spiro atoms. The summed E-state index contributed by atoms with van der Waals surface area (Å²) in [5, 5.41) is 0. The lowest BCUT2D eigenvalue weighted by Gasteiger charge is -2.20. The van der Waals surface area contributed by atoms with Gasteiger partial charge in [-0.05, 0) is 40.0 Å². The van der Waals surface area contributed by atoms with Crippen molar-refractivity contribution in [2.45, 2.75) is 17.9 Å². The molecule has 1 aliphatic rings. The monoisotopic (exact) mass is 348 g/mol. The SMILES string of the molecule is NCc1ccc(Br)c(S(=O)(=O)N2CCCOCC2)c1. The van der Waals surface area contributed by atoms with Crippen molar-refractivity contribution in [3.63, 3.8) is 0 Å². The Hall–Kier alpha value is -0.470. The molecule has 1 heterocycles. The van der Waals surface area contributed by atoms with Crippen molar-refractivity contribution >= 4 is 26.0 Å². The maximum absolute atomic E-state index is 12.6. The van der Waals surface area contributed by atoms with E-state index < -0.39 is 10.0 Å². The lowest BCUT2D eigenvalue weighted by atomic mass is 10.2. The van der Waals surface area contributed by atoms with Gasteiger partial charge in [-0.3, -0.25) is 0 Å².